The van der Waals surface area contributed by atoms with Crippen LogP contribution in [0.15, 0.2) is 47.0 Å². The third-order valence-corrected chi connectivity index (χ3v) is 6.44. The van der Waals surface area contributed by atoms with E-state index in [1.807, 2.05) is 19.1 Å². The van der Waals surface area contributed by atoms with Crippen molar-refractivity contribution < 1.29 is 14.3 Å². The van der Waals surface area contributed by atoms with Gasteiger partial charge >= 0.3 is 0 Å². The van der Waals surface area contributed by atoms with Crippen molar-refractivity contribution in [1.82, 2.24) is 4.98 Å². The molecule has 6 nitrogen and oxygen atoms in total. The van der Waals surface area contributed by atoms with Gasteiger partial charge in [0.05, 0.1) is 23.6 Å². The summed E-state index contributed by atoms with van der Waals surface area (Å²) in [6.07, 6.45) is 2.30. The number of pyridine rings is 1. The zero-order chi connectivity index (χ0) is 19.4. The summed E-state index contributed by atoms with van der Waals surface area (Å²) in [7, 11) is 0. The number of imide groups is 1. The average Bonchev–Trinajstić information content (AvgIpc) is 3.51. The van der Waals surface area contributed by atoms with Gasteiger partial charge in [0.15, 0.2) is 0 Å². The van der Waals surface area contributed by atoms with E-state index in [0.29, 0.717) is 35.2 Å². The van der Waals surface area contributed by atoms with Crippen LogP contribution in [0.4, 0.5) is 5.69 Å². The van der Waals surface area contributed by atoms with E-state index < -0.39 is 5.25 Å². The summed E-state index contributed by atoms with van der Waals surface area (Å²) in [6, 6.07) is 10.9. The SMILES string of the molecule is CCOc1ccc(N2C(=O)C3=C(N)c4ccc(C5CC5)nc4S[C@H]3C2=O)cc1. The molecule has 28 heavy (non-hydrogen) atoms. The van der Waals surface area contributed by atoms with Crippen LogP contribution in [0.2, 0.25) is 0 Å². The van der Waals surface area contributed by atoms with Crippen LogP contribution in [0.3, 0.4) is 0 Å². The van der Waals surface area contributed by atoms with Crippen LogP contribution < -0.4 is 15.4 Å². The molecule has 2 fully saturated rings. The Balaban J connectivity index is 1.51. The lowest BCUT2D eigenvalue weighted by atomic mass is 10.1. The van der Waals surface area contributed by atoms with Crippen LogP contribution in [0, 0.1) is 0 Å². The third kappa shape index (κ3) is 2.61. The summed E-state index contributed by atoms with van der Waals surface area (Å²) in [4.78, 5) is 32.1. The lowest BCUT2D eigenvalue weighted by molar-refractivity contribution is -0.120. The van der Waals surface area contributed by atoms with Crippen molar-refractivity contribution in [2.45, 2.75) is 36.0 Å². The van der Waals surface area contributed by atoms with Gasteiger partial charge in [-0.2, -0.15) is 0 Å². The van der Waals surface area contributed by atoms with Gasteiger partial charge in [0.1, 0.15) is 16.0 Å². The van der Waals surface area contributed by atoms with E-state index in [-0.39, 0.29) is 11.8 Å². The zero-order valence-electron chi connectivity index (χ0n) is 15.3. The molecule has 1 atom stereocenters. The maximum Gasteiger partial charge on any atom is 0.264 e. The maximum atomic E-state index is 13.1. The second-order valence-electron chi connectivity index (χ2n) is 7.09. The first kappa shape index (κ1) is 17.3. The second kappa shape index (κ2) is 6.38. The van der Waals surface area contributed by atoms with Gasteiger partial charge in [-0.1, -0.05) is 11.8 Å². The zero-order valence-corrected chi connectivity index (χ0v) is 16.2. The summed E-state index contributed by atoms with van der Waals surface area (Å²) < 4.78 is 5.44. The molecule has 7 heteroatoms. The van der Waals surface area contributed by atoms with Gasteiger partial charge < -0.3 is 10.5 Å². The number of hydrogen-bond acceptors (Lipinski definition) is 6. The highest BCUT2D eigenvalue weighted by Crippen LogP contribution is 2.47. The Morgan fingerprint density at radius 3 is 2.61 bits per heavy atom. The molecule has 0 bridgehead atoms. The van der Waals surface area contributed by atoms with E-state index in [0.717, 1.165) is 29.1 Å². The van der Waals surface area contributed by atoms with Gasteiger partial charge in [0.2, 0.25) is 0 Å². The van der Waals surface area contributed by atoms with Crippen LogP contribution in [0.25, 0.3) is 5.70 Å². The largest absolute Gasteiger partial charge is 0.494 e. The van der Waals surface area contributed by atoms with Gasteiger partial charge in [-0.15, -0.1) is 0 Å². The Morgan fingerprint density at radius 1 is 1.18 bits per heavy atom. The van der Waals surface area contributed by atoms with Gasteiger partial charge in [0, 0.05) is 17.2 Å². The summed E-state index contributed by atoms with van der Waals surface area (Å²) in [5, 5.41) is 0.0962. The first-order chi connectivity index (χ1) is 13.6. The monoisotopic (exact) mass is 393 g/mol. The standard InChI is InChI=1S/C21H19N3O3S/c1-2-27-13-7-5-12(6-8-13)24-20(25)16-17(22)14-9-10-15(11-3-4-11)23-19(14)28-18(16)21(24)26/h5-11,18H,2-4,22H2,1H3/t18-/m1/s1. The number of hydrogen-bond donors (Lipinski definition) is 1. The molecule has 1 saturated carbocycles. The van der Waals surface area contributed by atoms with Crippen molar-refractivity contribution in [3.05, 3.63) is 53.2 Å². The Labute approximate surface area is 166 Å². The highest BCUT2D eigenvalue weighted by Gasteiger charge is 2.49. The number of anilines is 1. The summed E-state index contributed by atoms with van der Waals surface area (Å²) in [5.41, 5.74) is 9.36. The molecule has 3 heterocycles. The predicted octanol–water partition coefficient (Wildman–Crippen LogP) is 3.08. The molecule has 1 saturated heterocycles. The number of carbonyl (C=O) groups excluding carboxylic acids is 2. The number of carbonyl (C=O) groups is 2. The van der Waals surface area contributed by atoms with Gasteiger partial charge in [-0.25, -0.2) is 9.88 Å². The van der Waals surface area contributed by atoms with Crippen molar-refractivity contribution >= 4 is 35.0 Å². The minimum absolute atomic E-state index is 0.276. The Bertz CT molecular complexity index is 1030. The molecule has 5 rings (SSSR count). The van der Waals surface area contributed by atoms with Crippen molar-refractivity contribution in [2.75, 3.05) is 11.5 Å². The Hall–Kier alpha value is -2.80. The van der Waals surface area contributed by atoms with Crippen LogP contribution in [-0.2, 0) is 9.59 Å². The molecule has 1 aliphatic carbocycles. The molecule has 1 aromatic heterocycles. The lowest BCUT2D eigenvalue weighted by Crippen LogP contribution is -2.31. The molecule has 142 valence electrons. The van der Waals surface area contributed by atoms with Gasteiger partial charge in [-0.05, 0) is 56.2 Å². The quantitative estimate of drug-likeness (QED) is 0.804. The maximum absolute atomic E-state index is 13.1. The Morgan fingerprint density at radius 2 is 1.93 bits per heavy atom. The van der Waals surface area contributed by atoms with E-state index in [4.69, 9.17) is 15.5 Å². The van der Waals surface area contributed by atoms with Crippen molar-refractivity contribution in [2.24, 2.45) is 5.73 Å². The summed E-state index contributed by atoms with van der Waals surface area (Å²) >= 11 is 1.33. The third-order valence-electron chi connectivity index (χ3n) is 5.23. The molecular weight excluding hydrogens is 374 g/mol. The number of amides is 2. The number of nitrogens with two attached hydrogens (primary N) is 1. The highest BCUT2D eigenvalue weighted by molar-refractivity contribution is 8.01. The normalized spacial score (nSPS) is 21.0. The van der Waals surface area contributed by atoms with Crippen molar-refractivity contribution in [3.63, 3.8) is 0 Å². The molecule has 0 unspecified atom stereocenters. The lowest BCUT2D eigenvalue weighted by Gasteiger charge is -2.20. The fourth-order valence-corrected chi connectivity index (χ4v) is 4.89. The van der Waals surface area contributed by atoms with E-state index in [1.165, 1.54) is 16.7 Å². The van der Waals surface area contributed by atoms with Crippen LogP contribution in [0.1, 0.15) is 36.9 Å². The number of aromatic nitrogens is 1. The van der Waals surface area contributed by atoms with Crippen molar-refractivity contribution in [1.29, 1.82) is 0 Å². The number of benzene rings is 1. The molecular formula is C21H19N3O3S. The fraction of sp³-hybridized carbons (Fsp3) is 0.286. The minimum Gasteiger partial charge on any atom is -0.494 e. The topological polar surface area (TPSA) is 85.5 Å². The molecule has 1 aromatic carbocycles. The van der Waals surface area contributed by atoms with Crippen molar-refractivity contribution in [3.8, 4) is 5.75 Å². The highest BCUT2D eigenvalue weighted by atomic mass is 32.2. The van der Waals surface area contributed by atoms with Crippen LogP contribution in [0.5, 0.6) is 5.75 Å². The summed E-state index contributed by atoms with van der Waals surface area (Å²) in [6.45, 7) is 2.45. The van der Waals surface area contributed by atoms with Crippen LogP contribution in [-0.4, -0.2) is 28.7 Å². The number of fused-ring (bicyclic) bond motifs is 2. The molecule has 2 N–H and O–H groups in total. The molecule has 2 amide bonds. The predicted molar refractivity (Wildman–Crippen MR) is 107 cm³/mol. The Kier molecular flexibility index (Phi) is 3.94. The molecule has 2 aliphatic heterocycles. The molecule has 3 aliphatic rings. The fourth-order valence-electron chi connectivity index (χ4n) is 3.65. The summed E-state index contributed by atoms with van der Waals surface area (Å²) in [5.74, 6) is 0.571. The van der Waals surface area contributed by atoms with E-state index in [9.17, 15) is 9.59 Å². The number of ether oxygens (including phenoxy) is 1. The first-order valence-electron chi connectivity index (χ1n) is 9.37. The molecule has 0 radical (unpaired) electrons. The molecule has 0 spiro atoms. The number of thioether (sulfide) groups is 1. The number of nitrogens with zero attached hydrogens (tertiary/aromatic N) is 2. The van der Waals surface area contributed by atoms with E-state index in [1.54, 1.807) is 24.3 Å². The minimum atomic E-state index is -0.645. The van der Waals surface area contributed by atoms with Crippen LogP contribution >= 0.6 is 11.8 Å². The van der Waals surface area contributed by atoms with E-state index >= 15 is 0 Å². The number of rotatable bonds is 4. The average molecular weight is 393 g/mol. The molecule has 2 aromatic rings. The smallest absolute Gasteiger partial charge is 0.264 e. The first-order valence-corrected chi connectivity index (χ1v) is 10.2. The van der Waals surface area contributed by atoms with Gasteiger partial charge in [-0.3, -0.25) is 9.59 Å². The van der Waals surface area contributed by atoms with Gasteiger partial charge in [0.25, 0.3) is 11.8 Å². The van der Waals surface area contributed by atoms with E-state index in [2.05, 4.69) is 0 Å². The second-order valence-corrected chi connectivity index (χ2v) is 8.19.